The van der Waals surface area contributed by atoms with Crippen molar-refractivity contribution < 1.29 is 14.3 Å². The molecule has 2 heterocycles. The Morgan fingerprint density at radius 2 is 2.22 bits per heavy atom. The van der Waals surface area contributed by atoms with E-state index in [1.807, 2.05) is 0 Å². The molecule has 0 aromatic carbocycles. The molecule has 8 heteroatoms. The Kier molecular flexibility index (Phi) is 6.01. The Hall–Kier alpha value is -1.60. The summed E-state index contributed by atoms with van der Waals surface area (Å²) in [7, 11) is 1.33. The van der Waals surface area contributed by atoms with Gasteiger partial charge >= 0.3 is 5.97 Å². The van der Waals surface area contributed by atoms with Crippen LogP contribution in [0, 0.1) is 5.92 Å². The van der Waals surface area contributed by atoms with Gasteiger partial charge in [-0.1, -0.05) is 12.8 Å². The van der Waals surface area contributed by atoms with E-state index in [1.165, 1.54) is 37.5 Å². The Balaban J connectivity index is 0.00000192. The second-order valence-electron chi connectivity index (χ2n) is 6.07. The van der Waals surface area contributed by atoms with Crippen molar-refractivity contribution in [3.05, 3.63) is 12.3 Å². The number of aromatic nitrogens is 2. The molecule has 1 saturated carbocycles. The summed E-state index contributed by atoms with van der Waals surface area (Å²) in [5.41, 5.74) is 0. The van der Waals surface area contributed by atoms with Crippen LogP contribution in [-0.2, 0) is 20.9 Å². The van der Waals surface area contributed by atoms with E-state index in [9.17, 15) is 9.59 Å². The third-order valence-electron chi connectivity index (χ3n) is 4.59. The smallest absolute Gasteiger partial charge is 0.327 e. The molecule has 1 aromatic heterocycles. The van der Waals surface area contributed by atoms with Gasteiger partial charge in [-0.3, -0.25) is 14.3 Å². The van der Waals surface area contributed by atoms with Crippen LogP contribution in [0.15, 0.2) is 12.3 Å². The molecular formula is C15H23ClN4O3. The Morgan fingerprint density at radius 3 is 2.96 bits per heavy atom. The molecule has 2 aliphatic rings. The summed E-state index contributed by atoms with van der Waals surface area (Å²) >= 11 is 0. The van der Waals surface area contributed by atoms with Crippen LogP contribution in [-0.4, -0.2) is 40.9 Å². The van der Waals surface area contributed by atoms with Crippen molar-refractivity contribution in [2.24, 2.45) is 5.92 Å². The van der Waals surface area contributed by atoms with Crippen LogP contribution >= 0.6 is 12.4 Å². The maximum Gasteiger partial charge on any atom is 0.327 e. The average Bonchev–Trinajstić information content (AvgIpc) is 3.13. The normalized spacial score (nSPS) is 26.0. The van der Waals surface area contributed by atoms with Crippen LogP contribution in [0.1, 0.15) is 32.1 Å². The lowest BCUT2D eigenvalue weighted by Gasteiger charge is -2.24. The Bertz CT molecular complexity index is 549. The van der Waals surface area contributed by atoms with E-state index in [4.69, 9.17) is 0 Å². The minimum atomic E-state index is -0.373. The molecule has 7 nitrogen and oxygen atoms in total. The van der Waals surface area contributed by atoms with E-state index in [1.54, 1.807) is 12.3 Å². The minimum Gasteiger partial charge on any atom is -0.468 e. The van der Waals surface area contributed by atoms with Crippen LogP contribution in [0.4, 0.5) is 5.82 Å². The highest BCUT2D eigenvalue weighted by molar-refractivity contribution is 5.94. The third-order valence-corrected chi connectivity index (χ3v) is 4.59. The number of halogens is 1. The monoisotopic (exact) mass is 342 g/mol. The maximum absolute atomic E-state index is 12.3. The second kappa shape index (κ2) is 7.79. The van der Waals surface area contributed by atoms with Gasteiger partial charge in [0.25, 0.3) is 0 Å². The van der Waals surface area contributed by atoms with Crippen molar-refractivity contribution in [3.8, 4) is 0 Å². The van der Waals surface area contributed by atoms with Crippen LogP contribution in [0.2, 0.25) is 0 Å². The van der Waals surface area contributed by atoms with Crippen LogP contribution in [0.5, 0.6) is 0 Å². The molecule has 0 radical (unpaired) electrons. The van der Waals surface area contributed by atoms with Crippen LogP contribution in [0.3, 0.4) is 0 Å². The first kappa shape index (κ1) is 17.7. The van der Waals surface area contributed by atoms with E-state index in [0.29, 0.717) is 17.8 Å². The number of rotatable bonds is 4. The number of nitrogens with one attached hydrogen (secondary N) is 2. The number of nitrogens with zero attached hydrogens (tertiary/aromatic N) is 2. The quantitative estimate of drug-likeness (QED) is 0.806. The number of hydrogen-bond acceptors (Lipinski definition) is 5. The molecule has 3 atom stereocenters. The first-order valence-electron chi connectivity index (χ1n) is 7.83. The van der Waals surface area contributed by atoms with Gasteiger partial charge in [-0.2, -0.15) is 5.10 Å². The highest BCUT2D eigenvalue weighted by atomic mass is 35.5. The number of hydrogen-bond donors (Lipinski definition) is 2. The van der Waals surface area contributed by atoms with Crippen LogP contribution in [0.25, 0.3) is 0 Å². The summed E-state index contributed by atoms with van der Waals surface area (Å²) in [5.74, 6) is 0.673. The molecule has 0 spiro atoms. The summed E-state index contributed by atoms with van der Waals surface area (Å²) in [5, 5.41) is 10.4. The van der Waals surface area contributed by atoms with Gasteiger partial charge in [0.05, 0.1) is 13.2 Å². The highest BCUT2D eigenvalue weighted by Gasteiger charge is 2.38. The summed E-state index contributed by atoms with van der Waals surface area (Å²) in [6.45, 7) is 0.0399. The summed E-state index contributed by atoms with van der Waals surface area (Å²) in [4.78, 5) is 23.5. The van der Waals surface area contributed by atoms with E-state index in [-0.39, 0.29) is 36.9 Å². The number of carbonyl (C=O) groups is 2. The summed E-state index contributed by atoms with van der Waals surface area (Å²) in [6.07, 6.45) is 7.46. The summed E-state index contributed by atoms with van der Waals surface area (Å²) < 4.78 is 6.03. The minimum absolute atomic E-state index is 0. The van der Waals surface area contributed by atoms with Gasteiger partial charge in [0, 0.05) is 18.3 Å². The lowest BCUT2D eigenvalue weighted by atomic mass is 9.85. The van der Waals surface area contributed by atoms with Gasteiger partial charge in [0.1, 0.15) is 6.54 Å². The summed E-state index contributed by atoms with van der Waals surface area (Å²) in [6, 6.07) is 2.03. The third kappa shape index (κ3) is 4.23. The predicted molar refractivity (Wildman–Crippen MR) is 87.4 cm³/mol. The fraction of sp³-hybridized carbons (Fsp3) is 0.667. The molecule has 23 heavy (non-hydrogen) atoms. The van der Waals surface area contributed by atoms with Crippen molar-refractivity contribution in [2.45, 2.75) is 50.7 Å². The number of amides is 1. The largest absolute Gasteiger partial charge is 0.468 e. The maximum atomic E-state index is 12.3. The average molecular weight is 343 g/mol. The fourth-order valence-electron chi connectivity index (χ4n) is 3.45. The second-order valence-corrected chi connectivity index (χ2v) is 6.07. The van der Waals surface area contributed by atoms with Gasteiger partial charge in [-0.15, -0.1) is 12.4 Å². The Labute approximate surface area is 141 Å². The van der Waals surface area contributed by atoms with E-state index < -0.39 is 0 Å². The highest BCUT2D eigenvalue weighted by Crippen LogP contribution is 2.33. The number of carbonyl (C=O) groups excluding carboxylic acids is 2. The van der Waals surface area contributed by atoms with Gasteiger partial charge in [0.15, 0.2) is 5.82 Å². The van der Waals surface area contributed by atoms with Crippen molar-refractivity contribution in [1.29, 1.82) is 0 Å². The van der Waals surface area contributed by atoms with E-state index >= 15 is 0 Å². The van der Waals surface area contributed by atoms with Gasteiger partial charge in [-0.25, -0.2) is 0 Å². The molecule has 1 aliphatic carbocycles. The molecule has 3 rings (SSSR count). The molecule has 1 aliphatic heterocycles. The Morgan fingerprint density at radius 1 is 1.43 bits per heavy atom. The topological polar surface area (TPSA) is 85.2 Å². The standard InChI is InChI=1S/C15H22N4O3.ClH/c1-22-14(20)9-19-7-6-13(18-19)17-15(21)12-8-10-4-2-3-5-11(10)16-12;/h6-7,10-12,16H,2-5,8-9H2,1H3,(H,17,18,21);1H. The number of methoxy groups -OCH3 is 1. The van der Waals surface area contributed by atoms with E-state index in [0.717, 1.165) is 6.42 Å². The molecule has 2 fully saturated rings. The zero-order valence-electron chi connectivity index (χ0n) is 13.2. The van der Waals surface area contributed by atoms with Gasteiger partial charge in [-0.05, 0) is 25.2 Å². The fourth-order valence-corrected chi connectivity index (χ4v) is 3.45. The molecule has 1 saturated heterocycles. The molecule has 1 amide bonds. The zero-order valence-corrected chi connectivity index (χ0v) is 14.0. The molecule has 0 bridgehead atoms. The van der Waals surface area contributed by atoms with Gasteiger partial charge < -0.3 is 15.4 Å². The van der Waals surface area contributed by atoms with Crippen molar-refractivity contribution >= 4 is 30.1 Å². The van der Waals surface area contributed by atoms with E-state index in [2.05, 4.69) is 20.5 Å². The first-order chi connectivity index (χ1) is 10.7. The number of fused-ring (bicyclic) bond motifs is 1. The zero-order chi connectivity index (χ0) is 15.5. The van der Waals surface area contributed by atoms with Crippen LogP contribution < -0.4 is 10.6 Å². The van der Waals surface area contributed by atoms with Crippen molar-refractivity contribution in [3.63, 3.8) is 0 Å². The number of esters is 1. The lowest BCUT2D eigenvalue weighted by Crippen LogP contribution is -2.40. The molecule has 128 valence electrons. The SMILES string of the molecule is COC(=O)Cn1ccc(NC(=O)C2CC3CCCCC3N2)n1.Cl. The lowest BCUT2D eigenvalue weighted by molar-refractivity contribution is -0.141. The van der Waals surface area contributed by atoms with Crippen molar-refractivity contribution in [1.82, 2.24) is 15.1 Å². The number of anilines is 1. The molecular weight excluding hydrogens is 320 g/mol. The molecule has 3 unspecified atom stereocenters. The van der Waals surface area contributed by atoms with Crippen molar-refractivity contribution in [2.75, 3.05) is 12.4 Å². The molecule has 2 N–H and O–H groups in total. The van der Waals surface area contributed by atoms with Gasteiger partial charge in [0.2, 0.25) is 5.91 Å². The predicted octanol–water partition coefficient (Wildman–Crippen LogP) is 1.34. The molecule has 1 aromatic rings. The first-order valence-corrected chi connectivity index (χ1v) is 7.83. The number of ether oxygens (including phenoxy) is 1.